The standard InChI is InChI=1S/C9H19NO2S/c1-7-4-8(10-13(11)12)6-9(2,3)5-7/h7-8,10H,4-6H2,1-3H3,(H,11,12)/p-1. The van der Waals surface area contributed by atoms with Crippen LogP contribution in [0.4, 0.5) is 0 Å². The average Bonchev–Trinajstić information content (AvgIpc) is 1.78. The molecule has 0 aliphatic heterocycles. The lowest BCUT2D eigenvalue weighted by Crippen LogP contribution is -2.40. The Morgan fingerprint density at radius 2 is 2.08 bits per heavy atom. The summed E-state index contributed by atoms with van der Waals surface area (Å²) in [6.45, 7) is 6.58. The van der Waals surface area contributed by atoms with Crippen molar-refractivity contribution in [2.75, 3.05) is 0 Å². The maximum Gasteiger partial charge on any atom is 0.0192 e. The summed E-state index contributed by atoms with van der Waals surface area (Å²) in [6.07, 6.45) is 3.11. The van der Waals surface area contributed by atoms with Crippen LogP contribution in [0.15, 0.2) is 0 Å². The summed E-state index contributed by atoms with van der Waals surface area (Å²) in [5.74, 6) is 0.616. The van der Waals surface area contributed by atoms with Crippen molar-refractivity contribution in [3.05, 3.63) is 0 Å². The summed E-state index contributed by atoms with van der Waals surface area (Å²) >= 11 is -2.11. The van der Waals surface area contributed by atoms with Gasteiger partial charge in [-0.1, -0.05) is 20.8 Å². The zero-order chi connectivity index (χ0) is 10.1. The van der Waals surface area contributed by atoms with Crippen LogP contribution in [-0.2, 0) is 11.3 Å². The Morgan fingerprint density at radius 1 is 1.46 bits per heavy atom. The SMILES string of the molecule is CC1CC(NS(=O)[O-])CC(C)(C)C1. The minimum Gasteiger partial charge on any atom is -0.760 e. The number of rotatable bonds is 2. The molecular weight excluding hydrogens is 186 g/mol. The predicted octanol–water partition coefficient (Wildman–Crippen LogP) is 1.58. The lowest BCUT2D eigenvalue weighted by molar-refractivity contribution is 0.162. The molecule has 78 valence electrons. The second kappa shape index (κ2) is 4.07. The van der Waals surface area contributed by atoms with Crippen LogP contribution in [0.3, 0.4) is 0 Å². The maximum atomic E-state index is 10.5. The summed E-state index contributed by atoms with van der Waals surface area (Å²) in [7, 11) is 0. The van der Waals surface area contributed by atoms with Crippen molar-refractivity contribution in [3.63, 3.8) is 0 Å². The van der Waals surface area contributed by atoms with Gasteiger partial charge in [0.05, 0.1) is 0 Å². The molecule has 3 atom stereocenters. The first-order valence-electron chi connectivity index (χ1n) is 4.74. The Bertz CT molecular complexity index is 206. The summed E-state index contributed by atoms with van der Waals surface area (Å²) < 4.78 is 23.5. The van der Waals surface area contributed by atoms with E-state index in [1.54, 1.807) is 0 Å². The number of hydrogen-bond acceptors (Lipinski definition) is 2. The monoisotopic (exact) mass is 204 g/mol. The van der Waals surface area contributed by atoms with E-state index in [4.69, 9.17) is 0 Å². The highest BCUT2D eigenvalue weighted by atomic mass is 32.2. The van der Waals surface area contributed by atoms with Gasteiger partial charge in [0.1, 0.15) is 0 Å². The molecule has 0 aromatic heterocycles. The van der Waals surface area contributed by atoms with Gasteiger partial charge in [0, 0.05) is 17.3 Å². The van der Waals surface area contributed by atoms with Crippen molar-refractivity contribution >= 4 is 11.3 Å². The van der Waals surface area contributed by atoms with Crippen molar-refractivity contribution in [1.82, 2.24) is 4.72 Å². The molecule has 3 unspecified atom stereocenters. The van der Waals surface area contributed by atoms with E-state index in [9.17, 15) is 8.76 Å². The van der Waals surface area contributed by atoms with Gasteiger partial charge in [0.25, 0.3) is 0 Å². The predicted molar refractivity (Wildman–Crippen MR) is 52.6 cm³/mol. The normalized spacial score (nSPS) is 35.7. The third-order valence-corrected chi connectivity index (χ3v) is 3.18. The fraction of sp³-hybridized carbons (Fsp3) is 1.00. The summed E-state index contributed by atoms with van der Waals surface area (Å²) in [5, 5.41) is 0. The quantitative estimate of drug-likeness (QED) is 0.694. The highest BCUT2D eigenvalue weighted by Crippen LogP contribution is 2.38. The highest BCUT2D eigenvalue weighted by molar-refractivity contribution is 7.77. The van der Waals surface area contributed by atoms with Crippen molar-refractivity contribution in [1.29, 1.82) is 0 Å². The van der Waals surface area contributed by atoms with Gasteiger partial charge in [0.2, 0.25) is 0 Å². The van der Waals surface area contributed by atoms with Gasteiger partial charge >= 0.3 is 0 Å². The van der Waals surface area contributed by atoms with Crippen LogP contribution < -0.4 is 4.72 Å². The molecule has 1 N–H and O–H groups in total. The Kier molecular flexibility index (Phi) is 3.49. The molecule has 0 saturated heterocycles. The molecule has 0 bridgehead atoms. The summed E-state index contributed by atoms with van der Waals surface area (Å²) in [4.78, 5) is 0. The first-order chi connectivity index (χ1) is 5.89. The third kappa shape index (κ3) is 3.75. The van der Waals surface area contributed by atoms with Gasteiger partial charge in [-0.2, -0.15) is 0 Å². The molecule has 0 amide bonds. The van der Waals surface area contributed by atoms with Gasteiger partial charge in [-0.25, -0.2) is 4.72 Å². The number of hydrogen-bond donors (Lipinski definition) is 1. The molecule has 1 aliphatic carbocycles. The van der Waals surface area contributed by atoms with E-state index < -0.39 is 11.3 Å². The van der Waals surface area contributed by atoms with Crippen LogP contribution in [0, 0.1) is 11.3 Å². The van der Waals surface area contributed by atoms with Crippen molar-refractivity contribution in [3.8, 4) is 0 Å². The summed E-state index contributed by atoms with van der Waals surface area (Å²) in [6, 6.07) is 0.136. The zero-order valence-electron chi connectivity index (χ0n) is 8.50. The minimum atomic E-state index is -2.11. The fourth-order valence-electron chi connectivity index (χ4n) is 2.57. The molecule has 13 heavy (non-hydrogen) atoms. The van der Waals surface area contributed by atoms with E-state index in [0.29, 0.717) is 5.92 Å². The van der Waals surface area contributed by atoms with E-state index in [1.165, 1.54) is 6.42 Å². The average molecular weight is 204 g/mol. The fourth-order valence-corrected chi connectivity index (χ4v) is 3.02. The third-order valence-electron chi connectivity index (χ3n) is 2.65. The largest absolute Gasteiger partial charge is 0.760 e. The number of nitrogens with one attached hydrogen (secondary N) is 1. The summed E-state index contributed by atoms with van der Waals surface area (Å²) in [5.41, 5.74) is 0.273. The van der Waals surface area contributed by atoms with Crippen molar-refractivity contribution < 1.29 is 8.76 Å². The molecule has 0 heterocycles. The first kappa shape index (κ1) is 11.1. The minimum absolute atomic E-state index is 0.136. The molecule has 4 heteroatoms. The van der Waals surface area contributed by atoms with E-state index in [2.05, 4.69) is 25.5 Å². The molecule has 0 spiro atoms. The van der Waals surface area contributed by atoms with Gasteiger partial charge in [-0.3, -0.25) is 4.21 Å². The van der Waals surface area contributed by atoms with Gasteiger partial charge < -0.3 is 4.55 Å². The molecular formula is C9H18NO2S-. The zero-order valence-corrected chi connectivity index (χ0v) is 9.32. The first-order valence-corrected chi connectivity index (χ1v) is 5.82. The second-order valence-electron chi connectivity index (χ2n) is 4.96. The maximum absolute atomic E-state index is 10.5. The van der Waals surface area contributed by atoms with Crippen LogP contribution in [0.5, 0.6) is 0 Å². The van der Waals surface area contributed by atoms with E-state index in [0.717, 1.165) is 12.8 Å². The highest BCUT2D eigenvalue weighted by Gasteiger charge is 2.31. The van der Waals surface area contributed by atoms with Crippen LogP contribution >= 0.6 is 0 Å². The molecule has 3 nitrogen and oxygen atoms in total. The molecule has 0 aromatic rings. The Labute approximate surface area is 82.7 Å². The van der Waals surface area contributed by atoms with E-state index in [1.807, 2.05) is 0 Å². The topological polar surface area (TPSA) is 52.2 Å². The molecule has 1 saturated carbocycles. The van der Waals surface area contributed by atoms with Crippen LogP contribution in [0.25, 0.3) is 0 Å². The van der Waals surface area contributed by atoms with Gasteiger partial charge in [0.15, 0.2) is 0 Å². The Balaban J connectivity index is 2.52. The van der Waals surface area contributed by atoms with Gasteiger partial charge in [-0.15, -0.1) is 0 Å². The Hall–Kier alpha value is 0.0700. The van der Waals surface area contributed by atoms with Crippen molar-refractivity contribution in [2.24, 2.45) is 11.3 Å². The second-order valence-corrected chi connectivity index (χ2v) is 5.67. The Morgan fingerprint density at radius 3 is 2.54 bits per heavy atom. The lowest BCUT2D eigenvalue weighted by Gasteiger charge is -2.39. The molecule has 1 fully saturated rings. The van der Waals surface area contributed by atoms with Crippen molar-refractivity contribution in [2.45, 2.75) is 46.1 Å². The molecule has 0 aromatic carbocycles. The smallest absolute Gasteiger partial charge is 0.0192 e. The van der Waals surface area contributed by atoms with Gasteiger partial charge in [-0.05, 0) is 30.6 Å². The molecule has 0 radical (unpaired) electrons. The molecule has 1 rings (SSSR count). The lowest BCUT2D eigenvalue weighted by atomic mass is 9.71. The van der Waals surface area contributed by atoms with E-state index in [-0.39, 0.29) is 11.5 Å². The molecule has 1 aliphatic rings. The van der Waals surface area contributed by atoms with E-state index >= 15 is 0 Å². The van der Waals surface area contributed by atoms with Crippen LogP contribution in [0.2, 0.25) is 0 Å². The van der Waals surface area contributed by atoms with Crippen LogP contribution in [-0.4, -0.2) is 14.8 Å². The van der Waals surface area contributed by atoms with Crippen LogP contribution in [0.1, 0.15) is 40.0 Å².